The van der Waals surface area contributed by atoms with Crippen LogP contribution in [0.5, 0.6) is 0 Å². The molecule has 0 atom stereocenters. The second-order valence-electron chi connectivity index (χ2n) is 5.00. The highest BCUT2D eigenvalue weighted by atomic mass is 32.2. The first-order valence-corrected chi connectivity index (χ1v) is 8.37. The summed E-state index contributed by atoms with van der Waals surface area (Å²) in [6, 6.07) is 5.76. The van der Waals surface area contributed by atoms with E-state index in [1.807, 2.05) is 32.0 Å². The fourth-order valence-electron chi connectivity index (χ4n) is 1.80. The number of sulfonamides is 1. The molecule has 0 saturated heterocycles. The van der Waals surface area contributed by atoms with Crippen LogP contribution in [0, 0.1) is 13.8 Å². The van der Waals surface area contributed by atoms with Gasteiger partial charge in [0.15, 0.2) is 5.82 Å². The number of rotatable bonds is 5. The number of nitrogens with zero attached hydrogens (tertiary/aromatic N) is 3. The Bertz CT molecular complexity index is 798. The molecule has 0 fully saturated rings. The van der Waals surface area contributed by atoms with Crippen molar-refractivity contribution < 1.29 is 13.2 Å². The summed E-state index contributed by atoms with van der Waals surface area (Å²) in [6.45, 7) is 3.72. The van der Waals surface area contributed by atoms with Crippen LogP contribution in [-0.2, 0) is 21.4 Å². The minimum absolute atomic E-state index is 0.0713. The van der Waals surface area contributed by atoms with Gasteiger partial charge < -0.3 is 5.32 Å². The van der Waals surface area contributed by atoms with Crippen molar-refractivity contribution in [1.29, 1.82) is 0 Å². The lowest BCUT2D eigenvalue weighted by atomic mass is 10.1. The molecule has 0 saturated carbocycles. The van der Waals surface area contributed by atoms with Crippen LogP contribution < -0.4 is 10.0 Å². The Hall–Kier alpha value is -2.42. The van der Waals surface area contributed by atoms with Crippen LogP contribution in [0.15, 0.2) is 24.4 Å². The van der Waals surface area contributed by atoms with E-state index >= 15 is 0 Å². The van der Waals surface area contributed by atoms with E-state index in [-0.39, 0.29) is 18.3 Å². The quantitative estimate of drug-likeness (QED) is 0.850. The molecule has 1 aromatic heterocycles. The molecule has 0 spiro atoms. The second-order valence-corrected chi connectivity index (χ2v) is 6.75. The van der Waals surface area contributed by atoms with Crippen LogP contribution in [0.3, 0.4) is 0 Å². The average Bonchev–Trinajstić information content (AvgIpc) is 2.78. The second kappa shape index (κ2) is 6.14. The van der Waals surface area contributed by atoms with E-state index in [0.29, 0.717) is 0 Å². The van der Waals surface area contributed by atoms with Gasteiger partial charge in [-0.05, 0) is 31.0 Å². The number of benzene rings is 1. The average molecular weight is 323 g/mol. The molecule has 2 aromatic rings. The molecular weight excluding hydrogens is 306 g/mol. The fraction of sp³-hybridized carbons (Fsp3) is 0.308. The molecule has 1 aromatic carbocycles. The van der Waals surface area contributed by atoms with Crippen molar-refractivity contribution in [3.8, 4) is 0 Å². The first kappa shape index (κ1) is 16.0. The highest BCUT2D eigenvalue weighted by Crippen LogP contribution is 2.16. The Kier molecular flexibility index (Phi) is 4.45. The van der Waals surface area contributed by atoms with Gasteiger partial charge in [0.05, 0.1) is 12.5 Å². The third-order valence-corrected chi connectivity index (χ3v) is 3.36. The van der Waals surface area contributed by atoms with Gasteiger partial charge >= 0.3 is 0 Å². The van der Waals surface area contributed by atoms with Crippen molar-refractivity contribution in [3.05, 3.63) is 35.5 Å². The van der Waals surface area contributed by atoms with Gasteiger partial charge in [0.25, 0.3) is 0 Å². The lowest BCUT2D eigenvalue weighted by Crippen LogP contribution is -2.21. The van der Waals surface area contributed by atoms with Crippen LogP contribution >= 0.6 is 0 Å². The Morgan fingerprint density at radius 1 is 1.32 bits per heavy atom. The number of aromatic nitrogens is 3. The smallest absolute Gasteiger partial charge is 0.247 e. The predicted octanol–water partition coefficient (Wildman–Crippen LogP) is 0.905. The number of aryl methyl sites for hydroxylation is 2. The van der Waals surface area contributed by atoms with Gasteiger partial charge in [-0.1, -0.05) is 12.1 Å². The largest absolute Gasteiger partial charge is 0.324 e. The summed E-state index contributed by atoms with van der Waals surface area (Å²) in [5.41, 5.74) is 2.72. The van der Waals surface area contributed by atoms with Crippen LogP contribution in [0.2, 0.25) is 0 Å². The Morgan fingerprint density at radius 2 is 2.05 bits per heavy atom. The Morgan fingerprint density at radius 3 is 2.73 bits per heavy atom. The van der Waals surface area contributed by atoms with E-state index in [9.17, 15) is 13.2 Å². The van der Waals surface area contributed by atoms with Crippen molar-refractivity contribution in [2.45, 2.75) is 20.4 Å². The molecule has 22 heavy (non-hydrogen) atoms. The van der Waals surface area contributed by atoms with Crippen molar-refractivity contribution in [2.75, 3.05) is 16.3 Å². The first-order valence-electron chi connectivity index (χ1n) is 6.48. The lowest BCUT2D eigenvalue weighted by molar-refractivity contribution is -0.117. The summed E-state index contributed by atoms with van der Waals surface area (Å²) in [5.74, 6) is -0.225. The van der Waals surface area contributed by atoms with Gasteiger partial charge in [-0.2, -0.15) is 9.90 Å². The van der Waals surface area contributed by atoms with Gasteiger partial charge in [0, 0.05) is 5.69 Å². The zero-order valence-corrected chi connectivity index (χ0v) is 13.3. The van der Waals surface area contributed by atoms with E-state index in [0.717, 1.165) is 27.9 Å². The molecule has 0 aliphatic rings. The van der Waals surface area contributed by atoms with E-state index in [4.69, 9.17) is 0 Å². The van der Waals surface area contributed by atoms with Gasteiger partial charge in [0.1, 0.15) is 6.54 Å². The van der Waals surface area contributed by atoms with Crippen LogP contribution in [0.25, 0.3) is 0 Å². The molecule has 0 bridgehead atoms. The van der Waals surface area contributed by atoms with Crippen molar-refractivity contribution in [2.24, 2.45) is 0 Å². The van der Waals surface area contributed by atoms with Crippen molar-refractivity contribution >= 4 is 27.4 Å². The summed E-state index contributed by atoms with van der Waals surface area (Å²) in [6.07, 6.45) is 2.26. The predicted molar refractivity (Wildman–Crippen MR) is 83.0 cm³/mol. The third-order valence-electron chi connectivity index (χ3n) is 2.78. The maximum absolute atomic E-state index is 12.0. The number of carbonyl (C=O) groups is 1. The van der Waals surface area contributed by atoms with Gasteiger partial charge in [-0.15, -0.1) is 5.10 Å². The van der Waals surface area contributed by atoms with Crippen LogP contribution in [-0.4, -0.2) is 35.6 Å². The number of nitrogens with one attached hydrogen (secondary N) is 2. The minimum atomic E-state index is -3.42. The van der Waals surface area contributed by atoms with E-state index in [1.165, 1.54) is 6.20 Å². The molecule has 9 heteroatoms. The zero-order valence-electron chi connectivity index (χ0n) is 12.5. The minimum Gasteiger partial charge on any atom is -0.324 e. The fourth-order valence-corrected chi connectivity index (χ4v) is 2.27. The molecule has 0 aliphatic carbocycles. The van der Waals surface area contributed by atoms with E-state index < -0.39 is 10.0 Å². The molecular formula is C13H17N5O3S. The molecule has 1 amide bonds. The number of anilines is 2. The van der Waals surface area contributed by atoms with Crippen molar-refractivity contribution in [1.82, 2.24) is 15.0 Å². The zero-order chi connectivity index (χ0) is 16.3. The molecule has 118 valence electrons. The van der Waals surface area contributed by atoms with Crippen LogP contribution in [0.4, 0.5) is 11.5 Å². The molecule has 8 nitrogen and oxygen atoms in total. The maximum Gasteiger partial charge on any atom is 0.247 e. The molecule has 0 aliphatic heterocycles. The molecule has 0 radical (unpaired) electrons. The molecule has 1 heterocycles. The highest BCUT2D eigenvalue weighted by molar-refractivity contribution is 7.92. The summed E-state index contributed by atoms with van der Waals surface area (Å²) >= 11 is 0. The number of amides is 1. The lowest BCUT2D eigenvalue weighted by Gasteiger charge is -2.08. The molecule has 2 N–H and O–H groups in total. The standard InChI is InChI=1S/C13H17N5O3S/c1-9-4-5-10(2)11(6-9)15-13(19)8-18-14-7-12(16-18)17-22(3,20)21/h4-7H,8H2,1-3H3,(H,15,19)(H,16,17). The summed E-state index contributed by atoms with van der Waals surface area (Å²) < 4.78 is 24.3. The molecule has 0 unspecified atom stereocenters. The monoisotopic (exact) mass is 323 g/mol. The third kappa shape index (κ3) is 4.55. The highest BCUT2D eigenvalue weighted by Gasteiger charge is 2.10. The topological polar surface area (TPSA) is 106 Å². The van der Waals surface area contributed by atoms with Gasteiger partial charge in [0.2, 0.25) is 15.9 Å². The van der Waals surface area contributed by atoms with Gasteiger partial charge in [-0.3, -0.25) is 9.52 Å². The van der Waals surface area contributed by atoms with Gasteiger partial charge in [-0.25, -0.2) is 8.42 Å². The Balaban J connectivity index is 2.02. The number of hydrogen-bond donors (Lipinski definition) is 2. The maximum atomic E-state index is 12.0. The van der Waals surface area contributed by atoms with E-state index in [2.05, 4.69) is 20.2 Å². The number of carbonyl (C=O) groups excluding carboxylic acids is 1. The normalized spacial score (nSPS) is 11.2. The summed E-state index contributed by atoms with van der Waals surface area (Å²) in [7, 11) is -3.42. The van der Waals surface area contributed by atoms with Crippen molar-refractivity contribution in [3.63, 3.8) is 0 Å². The summed E-state index contributed by atoms with van der Waals surface area (Å²) in [5, 5.41) is 10.5. The number of hydrogen-bond acceptors (Lipinski definition) is 5. The SMILES string of the molecule is Cc1ccc(C)c(NC(=O)Cn2ncc(NS(C)(=O)=O)n2)c1. The summed E-state index contributed by atoms with van der Waals surface area (Å²) in [4.78, 5) is 13.1. The van der Waals surface area contributed by atoms with Crippen LogP contribution in [0.1, 0.15) is 11.1 Å². The first-order chi connectivity index (χ1) is 10.2. The molecule has 2 rings (SSSR count). The van der Waals surface area contributed by atoms with E-state index in [1.54, 1.807) is 0 Å². The Labute approximate surface area is 128 Å².